The largest absolute Gasteiger partial charge is 0.346 e. The highest BCUT2D eigenvalue weighted by molar-refractivity contribution is 6.19. The van der Waals surface area contributed by atoms with E-state index >= 15 is 8.78 Å². The molecule has 2 aromatic carbocycles. The Morgan fingerprint density at radius 3 is 2.29 bits per heavy atom. The monoisotopic (exact) mass is 561 g/mol. The molecule has 3 aliphatic heterocycles. The van der Waals surface area contributed by atoms with Gasteiger partial charge in [0, 0.05) is 30.4 Å². The molecule has 1 N–H and O–H groups in total. The predicted molar refractivity (Wildman–Crippen MR) is 147 cm³/mol. The van der Waals surface area contributed by atoms with Crippen molar-refractivity contribution in [3.05, 3.63) is 77.1 Å². The van der Waals surface area contributed by atoms with E-state index in [0.717, 1.165) is 12.1 Å². The molecule has 41 heavy (non-hydrogen) atoms. The van der Waals surface area contributed by atoms with Gasteiger partial charge in [0.1, 0.15) is 11.2 Å². The zero-order valence-electron chi connectivity index (χ0n) is 23.1. The molecule has 9 nitrogen and oxygen atoms in total. The molecule has 0 saturated carbocycles. The fourth-order valence-electron chi connectivity index (χ4n) is 4.95. The van der Waals surface area contributed by atoms with E-state index in [1.165, 1.54) is 22.9 Å². The third-order valence-electron chi connectivity index (χ3n) is 6.87. The quantitative estimate of drug-likeness (QED) is 0.577. The molecular formula is C30H29F2N5O4. The minimum atomic E-state index is -1.55. The number of amides is 4. The van der Waals surface area contributed by atoms with E-state index < -0.39 is 59.1 Å². The summed E-state index contributed by atoms with van der Waals surface area (Å²) in [5.41, 5.74) is -1.65. The second-order valence-electron chi connectivity index (χ2n) is 11.1. The van der Waals surface area contributed by atoms with E-state index in [1.807, 2.05) is 26.8 Å². The number of piperazine rings is 1. The maximum atomic E-state index is 15.2. The molecule has 0 bridgehead atoms. The highest BCUT2D eigenvalue weighted by atomic mass is 19.1. The lowest BCUT2D eigenvalue weighted by molar-refractivity contribution is -0.149. The number of nitrogens with one attached hydrogen (secondary N) is 1. The molecule has 2 atom stereocenters. The Hall–Kier alpha value is -4.56. The summed E-state index contributed by atoms with van der Waals surface area (Å²) >= 11 is 0. The van der Waals surface area contributed by atoms with E-state index in [-0.39, 0.29) is 18.7 Å². The first kappa shape index (κ1) is 28.0. The number of carbonyl (C=O) groups is 3. The standard InChI is InChI=1S/C30H29F2N5O4/c1-29(2,3)41-27-33-17-21(18-34-27)35-12-13-36-28(40)37(24(38)16-30(36,4)26(35)39)25-22(31)14-20(15-23(25)32)11-10-19-8-6-5-7-9-19/h5-9,14-15,17-18,27,33H,12-13,16H2,1-4H3/t27?,30-/m0/s1. The minimum absolute atomic E-state index is 0.0296. The molecule has 3 heterocycles. The first-order valence-electron chi connectivity index (χ1n) is 13.1. The Labute approximate surface area is 236 Å². The molecule has 1 unspecified atom stereocenters. The van der Waals surface area contributed by atoms with E-state index in [2.05, 4.69) is 22.2 Å². The van der Waals surface area contributed by atoms with Gasteiger partial charge in [0.25, 0.3) is 5.91 Å². The van der Waals surface area contributed by atoms with Crippen molar-refractivity contribution in [3.63, 3.8) is 0 Å². The molecule has 0 radical (unpaired) electrons. The van der Waals surface area contributed by atoms with Crippen molar-refractivity contribution >= 4 is 29.7 Å². The summed E-state index contributed by atoms with van der Waals surface area (Å²) in [7, 11) is 0. The van der Waals surface area contributed by atoms with Crippen LogP contribution in [0.1, 0.15) is 45.2 Å². The zero-order chi connectivity index (χ0) is 29.5. The number of urea groups is 1. The number of ether oxygens (including phenoxy) is 1. The van der Waals surface area contributed by atoms with Crippen molar-refractivity contribution < 1.29 is 27.9 Å². The van der Waals surface area contributed by atoms with Gasteiger partial charge in [0.05, 0.1) is 23.9 Å². The van der Waals surface area contributed by atoms with Gasteiger partial charge in [-0.15, -0.1) is 0 Å². The summed E-state index contributed by atoms with van der Waals surface area (Å²) in [5.74, 6) is 1.88. The van der Waals surface area contributed by atoms with Crippen LogP contribution in [-0.4, -0.2) is 64.4 Å². The second kappa shape index (κ2) is 10.4. The highest BCUT2D eigenvalue weighted by Gasteiger charge is 2.56. The summed E-state index contributed by atoms with van der Waals surface area (Å²) in [6.07, 6.45) is 2.00. The number of anilines is 1. The number of hydrogen-bond acceptors (Lipinski definition) is 6. The molecule has 2 fully saturated rings. The number of hydrogen-bond donors (Lipinski definition) is 1. The van der Waals surface area contributed by atoms with Crippen LogP contribution >= 0.6 is 0 Å². The summed E-state index contributed by atoms with van der Waals surface area (Å²) in [6, 6.07) is 9.88. The third kappa shape index (κ3) is 5.43. The predicted octanol–water partition coefficient (Wildman–Crippen LogP) is 3.74. The van der Waals surface area contributed by atoms with Crippen LogP contribution in [0.4, 0.5) is 19.3 Å². The molecular weight excluding hydrogens is 532 g/mol. The Bertz CT molecular complexity index is 1520. The van der Waals surface area contributed by atoms with Crippen LogP contribution in [0, 0.1) is 23.5 Å². The lowest BCUT2D eigenvalue weighted by Crippen LogP contribution is -2.72. The molecule has 5 rings (SSSR count). The molecule has 3 aliphatic rings. The van der Waals surface area contributed by atoms with Crippen LogP contribution in [0.5, 0.6) is 0 Å². The number of allylic oxidation sites excluding steroid dienone is 1. The van der Waals surface area contributed by atoms with Gasteiger partial charge in [0.15, 0.2) is 11.6 Å². The van der Waals surface area contributed by atoms with Gasteiger partial charge in [-0.05, 0) is 52.0 Å². The van der Waals surface area contributed by atoms with Gasteiger partial charge >= 0.3 is 6.03 Å². The maximum absolute atomic E-state index is 15.2. The number of imide groups is 1. The van der Waals surface area contributed by atoms with Crippen molar-refractivity contribution in [2.45, 2.75) is 51.6 Å². The van der Waals surface area contributed by atoms with Crippen LogP contribution in [0.25, 0.3) is 0 Å². The van der Waals surface area contributed by atoms with Crippen molar-refractivity contribution in [1.82, 2.24) is 15.1 Å². The fourth-order valence-corrected chi connectivity index (χ4v) is 4.95. The van der Waals surface area contributed by atoms with Crippen LogP contribution in [0.3, 0.4) is 0 Å². The normalized spacial score (nSPS) is 22.6. The zero-order valence-corrected chi connectivity index (χ0v) is 23.1. The van der Waals surface area contributed by atoms with Gasteiger partial charge in [0.2, 0.25) is 12.3 Å². The number of aliphatic imine (C=N–C) groups is 1. The van der Waals surface area contributed by atoms with Gasteiger partial charge in [-0.1, -0.05) is 30.0 Å². The average Bonchev–Trinajstić information content (AvgIpc) is 2.90. The number of halogens is 2. The Kier molecular flexibility index (Phi) is 7.13. The number of benzene rings is 2. The fraction of sp³-hybridized carbons (Fsp3) is 0.333. The first-order valence-corrected chi connectivity index (χ1v) is 13.1. The first-order chi connectivity index (χ1) is 19.4. The lowest BCUT2D eigenvalue weighted by Gasteiger charge is -2.51. The molecule has 2 aromatic rings. The summed E-state index contributed by atoms with van der Waals surface area (Å²) in [5, 5.41) is 2.98. The maximum Gasteiger partial charge on any atom is 0.332 e. The Morgan fingerprint density at radius 2 is 1.68 bits per heavy atom. The SMILES string of the molecule is CC(C)(C)OC1N=CC(N2CCN3C(=O)N(c4c(F)cc(C#Cc5ccccc5)cc4F)C(=O)C[C@@]3(C)C2=O)=CN1. The molecule has 4 amide bonds. The highest BCUT2D eigenvalue weighted by Crippen LogP contribution is 2.37. The molecule has 11 heteroatoms. The van der Waals surface area contributed by atoms with Gasteiger partial charge < -0.3 is 19.9 Å². The van der Waals surface area contributed by atoms with Crippen molar-refractivity contribution in [2.75, 3.05) is 18.0 Å². The molecule has 0 aromatic heterocycles. The summed E-state index contributed by atoms with van der Waals surface area (Å²) < 4.78 is 36.2. The molecule has 0 aliphatic carbocycles. The topological polar surface area (TPSA) is 94.6 Å². The third-order valence-corrected chi connectivity index (χ3v) is 6.87. The number of carbonyl (C=O) groups excluding carboxylic acids is 3. The summed E-state index contributed by atoms with van der Waals surface area (Å²) in [6.45, 7) is 7.26. The van der Waals surface area contributed by atoms with Crippen molar-refractivity contribution in [3.8, 4) is 11.8 Å². The Morgan fingerprint density at radius 1 is 1.02 bits per heavy atom. The lowest BCUT2D eigenvalue weighted by atomic mass is 9.88. The van der Waals surface area contributed by atoms with Gasteiger partial charge in [-0.3, -0.25) is 9.59 Å². The molecule has 2 saturated heterocycles. The van der Waals surface area contributed by atoms with E-state index in [0.29, 0.717) is 16.2 Å². The van der Waals surface area contributed by atoms with Crippen LogP contribution in [0.15, 0.2) is 59.4 Å². The molecule has 212 valence electrons. The van der Waals surface area contributed by atoms with Crippen LogP contribution < -0.4 is 10.2 Å². The van der Waals surface area contributed by atoms with Gasteiger partial charge in [-0.2, -0.15) is 0 Å². The second-order valence-corrected chi connectivity index (χ2v) is 11.1. The number of rotatable bonds is 3. The van der Waals surface area contributed by atoms with E-state index in [1.54, 1.807) is 30.5 Å². The van der Waals surface area contributed by atoms with Crippen LogP contribution in [0.2, 0.25) is 0 Å². The summed E-state index contributed by atoms with van der Waals surface area (Å²) in [4.78, 5) is 47.8. The van der Waals surface area contributed by atoms with Crippen LogP contribution in [-0.2, 0) is 14.3 Å². The van der Waals surface area contributed by atoms with E-state index in [9.17, 15) is 14.4 Å². The van der Waals surface area contributed by atoms with Gasteiger partial charge in [-0.25, -0.2) is 23.5 Å². The van der Waals surface area contributed by atoms with E-state index in [4.69, 9.17) is 4.74 Å². The average molecular weight is 562 g/mol. The Balaban J connectivity index is 1.36. The molecule has 0 spiro atoms. The smallest absolute Gasteiger partial charge is 0.332 e. The number of nitrogens with zero attached hydrogens (tertiary/aromatic N) is 4. The minimum Gasteiger partial charge on any atom is -0.346 e. The number of fused-ring (bicyclic) bond motifs is 1. The van der Waals surface area contributed by atoms with Crippen molar-refractivity contribution in [1.29, 1.82) is 0 Å². The van der Waals surface area contributed by atoms with Crippen molar-refractivity contribution in [2.24, 2.45) is 4.99 Å².